The van der Waals surface area contributed by atoms with Gasteiger partial charge < -0.3 is 5.32 Å². The van der Waals surface area contributed by atoms with Crippen LogP contribution in [0, 0.1) is 11.3 Å². The molecule has 1 aromatic carbocycles. The van der Waals surface area contributed by atoms with Crippen molar-refractivity contribution in [1.82, 2.24) is 15.2 Å². The number of anilines is 2. The smallest absolute Gasteiger partial charge is 0.274 e. The molecule has 0 saturated carbocycles. The van der Waals surface area contributed by atoms with Crippen molar-refractivity contribution in [2.45, 2.75) is 26.2 Å². The third kappa shape index (κ3) is 3.01. The Hall–Kier alpha value is -2.68. The Labute approximate surface area is 116 Å². The number of hydrogen-bond donors (Lipinski definition) is 2. The zero-order chi connectivity index (χ0) is 14.8. The largest absolute Gasteiger partial charge is 0.324 e. The van der Waals surface area contributed by atoms with E-state index in [-0.39, 0.29) is 16.9 Å². The highest BCUT2D eigenvalue weighted by molar-refractivity contribution is 5.54. The molecule has 1 aromatic heterocycles. The number of nitrogens with zero attached hydrogens (tertiary/aromatic N) is 3. The lowest BCUT2D eigenvalue weighted by Crippen LogP contribution is -2.28. The van der Waals surface area contributed by atoms with Crippen LogP contribution in [0.1, 0.15) is 32.0 Å². The van der Waals surface area contributed by atoms with Gasteiger partial charge in [0.15, 0.2) is 0 Å². The van der Waals surface area contributed by atoms with Crippen LogP contribution in [0.4, 0.5) is 11.6 Å². The Morgan fingerprint density at radius 2 is 1.85 bits per heavy atom. The molecule has 6 nitrogen and oxygen atoms in total. The lowest BCUT2D eigenvalue weighted by atomic mass is 9.93. The second kappa shape index (κ2) is 5.13. The minimum atomic E-state index is -0.354. The molecule has 2 rings (SSSR count). The van der Waals surface area contributed by atoms with Crippen LogP contribution < -0.4 is 10.9 Å². The predicted octanol–water partition coefficient (Wildman–Crippen LogP) is 2.08. The maximum absolute atomic E-state index is 11.9. The molecule has 0 unspecified atom stereocenters. The maximum atomic E-state index is 11.9. The molecule has 0 aliphatic carbocycles. The molecule has 6 heteroatoms. The average molecular weight is 269 g/mol. The summed E-state index contributed by atoms with van der Waals surface area (Å²) >= 11 is 0. The lowest BCUT2D eigenvalue weighted by Gasteiger charge is -2.15. The van der Waals surface area contributed by atoms with E-state index in [1.807, 2.05) is 26.8 Å². The van der Waals surface area contributed by atoms with Crippen LogP contribution in [0.2, 0.25) is 0 Å². The van der Waals surface area contributed by atoms with E-state index in [9.17, 15) is 4.79 Å². The summed E-state index contributed by atoms with van der Waals surface area (Å²) in [5.74, 6) is 0.271. The topological polar surface area (TPSA) is 94.5 Å². The van der Waals surface area contributed by atoms with Gasteiger partial charge in [-0.15, -0.1) is 10.2 Å². The second-order valence-corrected chi connectivity index (χ2v) is 5.42. The van der Waals surface area contributed by atoms with Crippen molar-refractivity contribution in [3.63, 3.8) is 0 Å². The molecule has 1 heterocycles. The highest BCUT2D eigenvalue weighted by atomic mass is 16.1. The summed E-state index contributed by atoms with van der Waals surface area (Å²) in [5.41, 5.74) is 1.07. The molecule has 2 N–H and O–H groups in total. The minimum absolute atomic E-state index is 0.261. The van der Waals surface area contributed by atoms with Gasteiger partial charge in [-0.05, 0) is 24.3 Å². The van der Waals surface area contributed by atoms with Gasteiger partial charge in [0.25, 0.3) is 5.56 Å². The second-order valence-electron chi connectivity index (χ2n) is 5.42. The van der Waals surface area contributed by atoms with Crippen molar-refractivity contribution in [1.29, 1.82) is 5.26 Å². The summed E-state index contributed by atoms with van der Waals surface area (Å²) in [4.78, 5) is 14.6. The molecule has 0 atom stereocenters. The molecule has 0 fully saturated rings. The molecule has 0 aliphatic rings. The summed E-state index contributed by atoms with van der Waals surface area (Å²) in [6, 6.07) is 8.86. The van der Waals surface area contributed by atoms with Gasteiger partial charge in [-0.1, -0.05) is 20.8 Å². The van der Waals surface area contributed by atoms with Gasteiger partial charge in [-0.25, -0.2) is 0 Å². The van der Waals surface area contributed by atoms with Gasteiger partial charge in [0.05, 0.1) is 11.6 Å². The predicted molar refractivity (Wildman–Crippen MR) is 75.8 cm³/mol. The minimum Gasteiger partial charge on any atom is -0.324 e. The van der Waals surface area contributed by atoms with Crippen LogP contribution in [0.25, 0.3) is 0 Å². The molecule has 2 aromatic rings. The zero-order valence-electron chi connectivity index (χ0n) is 11.6. The summed E-state index contributed by atoms with van der Waals surface area (Å²) in [5, 5.41) is 19.6. The fourth-order valence-corrected chi connectivity index (χ4v) is 1.65. The van der Waals surface area contributed by atoms with E-state index in [1.165, 1.54) is 0 Å². The van der Waals surface area contributed by atoms with Crippen LogP contribution in [-0.2, 0) is 5.41 Å². The van der Waals surface area contributed by atoms with Crippen molar-refractivity contribution >= 4 is 11.6 Å². The number of hydrogen-bond acceptors (Lipinski definition) is 5. The normalized spacial score (nSPS) is 10.9. The molecule has 0 radical (unpaired) electrons. The molecule has 20 heavy (non-hydrogen) atoms. The third-order valence-corrected chi connectivity index (χ3v) is 2.68. The van der Waals surface area contributed by atoms with Gasteiger partial charge >= 0.3 is 0 Å². The number of H-pyrrole nitrogens is 1. The highest BCUT2D eigenvalue weighted by Crippen LogP contribution is 2.16. The fourth-order valence-electron chi connectivity index (χ4n) is 1.65. The van der Waals surface area contributed by atoms with Gasteiger partial charge in [0.2, 0.25) is 5.95 Å². The van der Waals surface area contributed by atoms with Crippen molar-refractivity contribution in [3.05, 3.63) is 45.9 Å². The first-order valence-corrected chi connectivity index (χ1v) is 6.15. The van der Waals surface area contributed by atoms with Crippen LogP contribution in [0.3, 0.4) is 0 Å². The Morgan fingerprint density at radius 3 is 2.35 bits per heavy atom. The third-order valence-electron chi connectivity index (χ3n) is 2.68. The van der Waals surface area contributed by atoms with Crippen LogP contribution in [0.5, 0.6) is 0 Å². The maximum Gasteiger partial charge on any atom is 0.274 e. The molecular formula is C14H15N5O. The Morgan fingerprint density at radius 1 is 1.20 bits per heavy atom. The van der Waals surface area contributed by atoms with Crippen molar-refractivity contribution < 1.29 is 0 Å². The first-order valence-electron chi connectivity index (χ1n) is 6.15. The monoisotopic (exact) mass is 269 g/mol. The van der Waals surface area contributed by atoms with Crippen LogP contribution in [-0.4, -0.2) is 15.2 Å². The summed E-state index contributed by atoms with van der Waals surface area (Å²) in [6.45, 7) is 5.71. The van der Waals surface area contributed by atoms with Crippen LogP contribution >= 0.6 is 0 Å². The molecule has 0 bridgehead atoms. The van der Waals surface area contributed by atoms with E-state index in [1.54, 1.807) is 24.3 Å². The van der Waals surface area contributed by atoms with Crippen molar-refractivity contribution in [2.24, 2.45) is 0 Å². The Bertz CT molecular complexity index is 704. The fraction of sp³-hybridized carbons (Fsp3) is 0.286. The molecule has 0 spiro atoms. The molecule has 0 amide bonds. The summed E-state index contributed by atoms with van der Waals surface area (Å²) in [6.07, 6.45) is 0. The summed E-state index contributed by atoms with van der Waals surface area (Å²) in [7, 11) is 0. The number of nitriles is 1. The Balaban J connectivity index is 2.25. The average Bonchev–Trinajstić information content (AvgIpc) is 2.38. The van der Waals surface area contributed by atoms with E-state index < -0.39 is 0 Å². The SMILES string of the molecule is CC(C)(C)c1nnc(Nc2ccc(C#N)cc2)[nH]c1=O. The van der Waals surface area contributed by atoms with E-state index in [0.717, 1.165) is 5.69 Å². The Kier molecular flexibility index (Phi) is 3.53. The summed E-state index contributed by atoms with van der Waals surface area (Å²) < 4.78 is 0. The van der Waals surface area contributed by atoms with E-state index in [4.69, 9.17) is 5.26 Å². The van der Waals surface area contributed by atoms with Gasteiger partial charge in [-0.3, -0.25) is 9.78 Å². The lowest BCUT2D eigenvalue weighted by molar-refractivity contribution is 0.547. The van der Waals surface area contributed by atoms with E-state index in [2.05, 4.69) is 20.5 Å². The van der Waals surface area contributed by atoms with Gasteiger partial charge in [-0.2, -0.15) is 5.26 Å². The number of rotatable bonds is 2. The number of aromatic nitrogens is 3. The van der Waals surface area contributed by atoms with E-state index >= 15 is 0 Å². The molecule has 0 saturated heterocycles. The number of aromatic amines is 1. The highest BCUT2D eigenvalue weighted by Gasteiger charge is 2.20. The van der Waals surface area contributed by atoms with Crippen LogP contribution in [0.15, 0.2) is 29.1 Å². The van der Waals surface area contributed by atoms with Gasteiger partial charge in [0.1, 0.15) is 5.69 Å². The quantitative estimate of drug-likeness (QED) is 0.870. The van der Waals surface area contributed by atoms with Gasteiger partial charge in [0, 0.05) is 11.1 Å². The first kappa shape index (κ1) is 13.7. The zero-order valence-corrected chi connectivity index (χ0v) is 11.6. The molecule has 102 valence electrons. The molecule has 0 aliphatic heterocycles. The number of benzene rings is 1. The van der Waals surface area contributed by atoms with E-state index in [0.29, 0.717) is 11.3 Å². The first-order chi connectivity index (χ1) is 9.40. The number of nitrogens with one attached hydrogen (secondary N) is 2. The molecular weight excluding hydrogens is 254 g/mol. The standard InChI is InChI=1S/C14H15N5O/c1-14(2,3)11-12(20)17-13(19-18-11)16-10-6-4-9(8-15)5-7-10/h4-7H,1-3H3,(H2,16,17,19,20). The van der Waals surface area contributed by atoms with Crippen molar-refractivity contribution in [3.8, 4) is 6.07 Å². The van der Waals surface area contributed by atoms with Crippen molar-refractivity contribution in [2.75, 3.05) is 5.32 Å².